The van der Waals surface area contributed by atoms with Crippen LogP contribution in [0, 0.1) is 0 Å². The molecule has 0 aliphatic heterocycles. The Kier molecular flexibility index (Phi) is 3.91. The van der Waals surface area contributed by atoms with Crippen LogP contribution in [0.4, 0.5) is 0 Å². The molecular formula is C6H8Cl2O. The van der Waals surface area contributed by atoms with E-state index in [4.69, 9.17) is 23.2 Å². The zero-order chi connectivity index (χ0) is 7.44. The monoisotopic (exact) mass is 166 g/mol. The molecule has 0 rings (SSSR count). The molecule has 0 radical (unpaired) electrons. The first-order valence-electron chi connectivity index (χ1n) is 2.51. The van der Waals surface area contributed by atoms with Crippen LogP contribution in [0.2, 0.25) is 0 Å². The smallest absolute Gasteiger partial charge is 0.174 e. The fraction of sp³-hybridized carbons (Fsp3) is 0.500. The molecule has 0 N–H and O–H groups in total. The van der Waals surface area contributed by atoms with Crippen molar-refractivity contribution < 1.29 is 4.79 Å². The van der Waals surface area contributed by atoms with Crippen LogP contribution in [-0.2, 0) is 4.79 Å². The Morgan fingerprint density at radius 2 is 1.89 bits per heavy atom. The summed E-state index contributed by atoms with van der Waals surface area (Å²) in [5.41, 5.74) is 0.548. The third-order valence-corrected chi connectivity index (χ3v) is 1.58. The van der Waals surface area contributed by atoms with Gasteiger partial charge in [-0.15, -0.1) is 11.6 Å². The van der Waals surface area contributed by atoms with Gasteiger partial charge < -0.3 is 0 Å². The molecule has 0 heterocycles. The minimum absolute atomic E-state index is 0.00981. The van der Waals surface area contributed by atoms with Gasteiger partial charge in [-0.05, 0) is 13.8 Å². The molecule has 0 amide bonds. The first-order chi connectivity index (χ1) is 4.09. The Bertz CT molecular complexity index is 145. The molecule has 0 bridgehead atoms. The number of rotatable bonds is 2. The average molecular weight is 167 g/mol. The van der Waals surface area contributed by atoms with E-state index < -0.39 is 0 Å². The predicted molar refractivity (Wildman–Crippen MR) is 40.0 cm³/mol. The summed E-state index contributed by atoms with van der Waals surface area (Å²) < 4.78 is 0. The molecule has 1 nitrogen and oxygen atoms in total. The van der Waals surface area contributed by atoms with Gasteiger partial charge in [-0.2, -0.15) is 0 Å². The van der Waals surface area contributed by atoms with Crippen LogP contribution in [0.3, 0.4) is 0 Å². The molecule has 0 saturated heterocycles. The summed E-state index contributed by atoms with van der Waals surface area (Å²) >= 11 is 10.8. The highest BCUT2D eigenvalue weighted by molar-refractivity contribution is 6.35. The van der Waals surface area contributed by atoms with Crippen molar-refractivity contribution in [2.75, 3.05) is 5.88 Å². The van der Waals surface area contributed by atoms with E-state index in [2.05, 4.69) is 0 Å². The normalized spacial score (nSPS) is 12.9. The zero-order valence-electron chi connectivity index (χ0n) is 5.37. The van der Waals surface area contributed by atoms with Gasteiger partial charge in [-0.1, -0.05) is 11.6 Å². The number of allylic oxidation sites excluding steroid dienone is 2. The third-order valence-electron chi connectivity index (χ3n) is 1.06. The molecule has 0 aliphatic rings. The van der Waals surface area contributed by atoms with Crippen LogP contribution in [0.15, 0.2) is 10.6 Å². The molecule has 0 aliphatic carbocycles. The summed E-state index contributed by atoms with van der Waals surface area (Å²) in [5, 5.41) is 0.514. The summed E-state index contributed by atoms with van der Waals surface area (Å²) in [6, 6.07) is 0. The second kappa shape index (κ2) is 3.91. The number of ketones is 1. The number of halogens is 2. The largest absolute Gasteiger partial charge is 0.293 e. The van der Waals surface area contributed by atoms with Gasteiger partial charge in [0.05, 0.1) is 5.88 Å². The maximum atomic E-state index is 10.7. The van der Waals surface area contributed by atoms with Crippen molar-refractivity contribution in [3.63, 3.8) is 0 Å². The van der Waals surface area contributed by atoms with Crippen LogP contribution < -0.4 is 0 Å². The van der Waals surface area contributed by atoms with Crippen LogP contribution in [0.1, 0.15) is 13.8 Å². The summed E-state index contributed by atoms with van der Waals surface area (Å²) in [7, 11) is 0. The van der Waals surface area contributed by atoms with E-state index in [1.54, 1.807) is 13.8 Å². The van der Waals surface area contributed by atoms with E-state index in [1.807, 2.05) is 0 Å². The molecule has 0 saturated carbocycles. The van der Waals surface area contributed by atoms with Gasteiger partial charge in [0, 0.05) is 10.6 Å². The lowest BCUT2D eigenvalue weighted by molar-refractivity contribution is -0.113. The van der Waals surface area contributed by atoms with Crippen LogP contribution in [0.25, 0.3) is 0 Å². The minimum atomic E-state index is -0.107. The fourth-order valence-electron chi connectivity index (χ4n) is 0.292. The van der Waals surface area contributed by atoms with E-state index in [0.717, 1.165) is 0 Å². The molecule has 0 fully saturated rings. The minimum Gasteiger partial charge on any atom is -0.293 e. The maximum absolute atomic E-state index is 10.7. The quantitative estimate of drug-likeness (QED) is 0.455. The topological polar surface area (TPSA) is 17.1 Å². The Balaban J connectivity index is 4.21. The number of carbonyl (C=O) groups excluding carboxylic acids is 1. The van der Waals surface area contributed by atoms with Gasteiger partial charge in [0.1, 0.15) is 0 Å². The lowest BCUT2D eigenvalue weighted by Crippen LogP contribution is -2.00. The van der Waals surface area contributed by atoms with Gasteiger partial charge in [-0.3, -0.25) is 4.79 Å². The van der Waals surface area contributed by atoms with Crippen molar-refractivity contribution in [3.05, 3.63) is 10.6 Å². The number of carbonyl (C=O) groups is 1. The molecular weight excluding hydrogens is 159 g/mol. The van der Waals surface area contributed by atoms with Crippen LogP contribution in [0.5, 0.6) is 0 Å². The molecule has 0 unspecified atom stereocenters. The van der Waals surface area contributed by atoms with Crippen LogP contribution >= 0.6 is 23.2 Å². The lowest BCUT2D eigenvalue weighted by atomic mass is 10.2. The van der Waals surface area contributed by atoms with Gasteiger partial charge >= 0.3 is 0 Å². The average Bonchev–Trinajstić information content (AvgIpc) is 1.84. The van der Waals surface area contributed by atoms with Crippen molar-refractivity contribution in [1.82, 2.24) is 0 Å². The van der Waals surface area contributed by atoms with E-state index in [1.165, 1.54) is 0 Å². The summed E-state index contributed by atoms with van der Waals surface area (Å²) in [6.45, 7) is 3.33. The molecule has 0 aromatic carbocycles. The van der Waals surface area contributed by atoms with Gasteiger partial charge in [-0.25, -0.2) is 0 Å². The Hall–Kier alpha value is -0.0100. The van der Waals surface area contributed by atoms with Crippen molar-refractivity contribution in [2.24, 2.45) is 0 Å². The molecule has 0 spiro atoms. The van der Waals surface area contributed by atoms with Gasteiger partial charge in [0.2, 0.25) is 0 Å². The second-order valence-corrected chi connectivity index (χ2v) is 2.55. The molecule has 0 aromatic heterocycles. The Morgan fingerprint density at radius 1 is 1.44 bits per heavy atom. The fourth-order valence-corrected chi connectivity index (χ4v) is 0.598. The highest BCUT2D eigenvalue weighted by Crippen LogP contribution is 2.08. The summed E-state index contributed by atoms with van der Waals surface area (Å²) in [6.07, 6.45) is 0. The third kappa shape index (κ3) is 2.87. The molecule has 0 atom stereocenters. The Labute approximate surface area is 64.6 Å². The number of alkyl halides is 1. The van der Waals surface area contributed by atoms with Gasteiger partial charge in [0.25, 0.3) is 0 Å². The maximum Gasteiger partial charge on any atom is 0.174 e. The molecule has 52 valence electrons. The van der Waals surface area contributed by atoms with Gasteiger partial charge in [0.15, 0.2) is 5.78 Å². The van der Waals surface area contributed by atoms with E-state index >= 15 is 0 Å². The standard InChI is InChI=1S/C6H8Cl2O/c1-4(5(2)8)6(9)3-7/h3H2,1-2H3/b5-4-. The van der Waals surface area contributed by atoms with E-state index in [0.29, 0.717) is 10.6 Å². The predicted octanol–water partition coefficient (Wildman–Crippen LogP) is 2.33. The summed E-state index contributed by atoms with van der Waals surface area (Å²) in [4.78, 5) is 10.7. The van der Waals surface area contributed by atoms with E-state index in [9.17, 15) is 4.79 Å². The SMILES string of the molecule is C/C(Cl)=C(\C)C(=O)CCl. The van der Waals surface area contributed by atoms with E-state index in [-0.39, 0.29) is 11.7 Å². The highest BCUT2D eigenvalue weighted by Gasteiger charge is 2.03. The number of Topliss-reactive ketones (excluding diaryl/α,β-unsaturated/α-hetero) is 1. The Morgan fingerprint density at radius 3 is 2.00 bits per heavy atom. The molecule has 3 heteroatoms. The van der Waals surface area contributed by atoms with Crippen molar-refractivity contribution >= 4 is 29.0 Å². The van der Waals surface area contributed by atoms with Crippen molar-refractivity contribution in [2.45, 2.75) is 13.8 Å². The molecule has 9 heavy (non-hydrogen) atoms. The number of hydrogen-bond donors (Lipinski definition) is 0. The lowest BCUT2D eigenvalue weighted by Gasteiger charge is -1.94. The number of hydrogen-bond acceptors (Lipinski definition) is 1. The van der Waals surface area contributed by atoms with Crippen LogP contribution in [-0.4, -0.2) is 11.7 Å². The first kappa shape index (κ1) is 8.99. The van der Waals surface area contributed by atoms with Crippen molar-refractivity contribution in [1.29, 1.82) is 0 Å². The summed E-state index contributed by atoms with van der Waals surface area (Å²) in [5.74, 6) is -0.0974. The highest BCUT2D eigenvalue weighted by atomic mass is 35.5. The van der Waals surface area contributed by atoms with Crippen molar-refractivity contribution in [3.8, 4) is 0 Å². The second-order valence-electron chi connectivity index (χ2n) is 1.72. The zero-order valence-corrected chi connectivity index (χ0v) is 6.88. The molecule has 0 aromatic rings. The first-order valence-corrected chi connectivity index (χ1v) is 3.43.